The van der Waals surface area contributed by atoms with Crippen LogP contribution in [0.4, 0.5) is 22.0 Å². The maximum atomic E-state index is 14.1. The molecule has 0 aromatic carbocycles. The smallest absolute Gasteiger partial charge is 0.463 e. The Hall–Kier alpha value is -3.50. The molecule has 0 spiro atoms. The van der Waals surface area contributed by atoms with Gasteiger partial charge >= 0.3 is 41.9 Å². The van der Waals surface area contributed by atoms with Crippen LogP contribution in [-0.4, -0.2) is 104 Å². The summed E-state index contributed by atoms with van der Waals surface area (Å²) < 4.78 is 93.0. The van der Waals surface area contributed by atoms with Gasteiger partial charge in [-0.3, -0.25) is 24.1 Å². The lowest BCUT2D eigenvalue weighted by atomic mass is 9.89. The second-order valence-electron chi connectivity index (χ2n) is 9.29. The second-order valence-corrected chi connectivity index (χ2v) is 9.29. The first kappa shape index (κ1) is 33.7. The van der Waals surface area contributed by atoms with Crippen LogP contribution < -0.4 is 5.32 Å². The van der Waals surface area contributed by atoms with Crippen molar-refractivity contribution < 1.29 is 69.6 Å². The molecule has 0 aromatic rings. The number of rotatable bonds is 10. The number of esters is 4. The molecule has 12 nitrogen and oxygen atoms in total. The molecule has 2 heterocycles. The van der Waals surface area contributed by atoms with Gasteiger partial charge in [0.15, 0.2) is 18.3 Å². The third-order valence-electron chi connectivity index (χ3n) is 6.21. The Morgan fingerprint density at radius 1 is 0.976 bits per heavy atom. The number of halogens is 5. The number of carbonyl (C=O) groups excluding carboxylic acids is 5. The van der Waals surface area contributed by atoms with E-state index in [1.54, 1.807) is 10.2 Å². The molecule has 2 rings (SSSR count). The van der Waals surface area contributed by atoms with E-state index < -0.39 is 84.6 Å². The third-order valence-corrected chi connectivity index (χ3v) is 6.21. The lowest BCUT2D eigenvalue weighted by Gasteiger charge is -2.46. The van der Waals surface area contributed by atoms with Crippen LogP contribution in [0.3, 0.4) is 0 Å². The summed E-state index contributed by atoms with van der Waals surface area (Å²) in [5, 5.41) is 1.66. The summed E-state index contributed by atoms with van der Waals surface area (Å²) in [4.78, 5) is 62.0. The zero-order valence-corrected chi connectivity index (χ0v) is 22.6. The topological polar surface area (TPSA) is 147 Å². The summed E-state index contributed by atoms with van der Waals surface area (Å²) in [7, 11) is 0.987. The van der Waals surface area contributed by atoms with Crippen molar-refractivity contribution in [2.45, 2.75) is 82.5 Å². The summed E-state index contributed by atoms with van der Waals surface area (Å²) in [6.07, 6.45) is -8.79. The summed E-state index contributed by atoms with van der Waals surface area (Å²) in [5.74, 6) is -13.2. The number of amides is 1. The standard InChI is InChI=1S/C24H31F5N2O10/c1-12(32)38-11-17(39-13(2)33)19(40-14(3)34)20-18(30-22(36)23(25,26)24(27,28)29)15(31-8-6-5-7-9-31)10-16(41-20)21(35)37-4/h10,15,17-20H,5-9,11H2,1-4H3,(H,30,36)/t15-,17+,18+,19+,20+/m0/s1. The van der Waals surface area contributed by atoms with E-state index in [4.69, 9.17) is 18.9 Å². The minimum atomic E-state index is -6.26. The van der Waals surface area contributed by atoms with Gasteiger partial charge in [-0.1, -0.05) is 6.42 Å². The van der Waals surface area contributed by atoms with E-state index in [0.717, 1.165) is 40.4 Å². The van der Waals surface area contributed by atoms with Crippen molar-refractivity contribution >= 4 is 29.8 Å². The predicted octanol–water partition coefficient (Wildman–Crippen LogP) is 1.41. The molecule has 0 bridgehead atoms. The minimum Gasteiger partial charge on any atom is -0.477 e. The highest BCUT2D eigenvalue weighted by Crippen LogP contribution is 2.37. The predicted molar refractivity (Wildman–Crippen MR) is 125 cm³/mol. The van der Waals surface area contributed by atoms with E-state index in [0.29, 0.717) is 12.8 Å². The zero-order chi connectivity index (χ0) is 31.1. The number of piperidine rings is 1. The van der Waals surface area contributed by atoms with Crippen LogP contribution in [0.1, 0.15) is 40.0 Å². The number of likely N-dealkylation sites (tertiary alicyclic amines) is 1. The Labute approximate surface area is 231 Å². The van der Waals surface area contributed by atoms with Crippen LogP contribution in [0.2, 0.25) is 0 Å². The van der Waals surface area contributed by atoms with Crippen molar-refractivity contribution in [2.75, 3.05) is 26.8 Å². The van der Waals surface area contributed by atoms with Gasteiger partial charge in [-0.25, -0.2) is 4.79 Å². The Morgan fingerprint density at radius 3 is 2.05 bits per heavy atom. The first-order valence-electron chi connectivity index (χ1n) is 12.4. The highest BCUT2D eigenvalue weighted by molar-refractivity contribution is 5.87. The molecule has 0 unspecified atom stereocenters. The van der Waals surface area contributed by atoms with E-state index in [-0.39, 0.29) is 13.1 Å². The van der Waals surface area contributed by atoms with Gasteiger partial charge in [-0.05, 0) is 32.0 Å². The summed E-state index contributed by atoms with van der Waals surface area (Å²) in [5.41, 5.74) is 0. The molecule has 232 valence electrons. The number of methoxy groups -OCH3 is 1. The molecule has 0 aliphatic carbocycles. The van der Waals surface area contributed by atoms with Crippen LogP contribution in [0.25, 0.3) is 0 Å². The second kappa shape index (κ2) is 13.9. The maximum absolute atomic E-state index is 14.1. The maximum Gasteiger partial charge on any atom is 0.463 e. The molecule has 17 heteroatoms. The van der Waals surface area contributed by atoms with E-state index in [2.05, 4.69) is 4.74 Å². The number of hydrogen-bond donors (Lipinski definition) is 1. The first-order valence-corrected chi connectivity index (χ1v) is 12.4. The molecule has 5 atom stereocenters. The number of carbonyl (C=O) groups is 5. The molecule has 2 aliphatic rings. The molecule has 1 saturated heterocycles. The van der Waals surface area contributed by atoms with E-state index >= 15 is 0 Å². The molecule has 0 aromatic heterocycles. The van der Waals surface area contributed by atoms with E-state index in [1.807, 2.05) is 0 Å². The Kier molecular flexibility index (Phi) is 11.4. The van der Waals surface area contributed by atoms with Crippen LogP contribution >= 0.6 is 0 Å². The number of nitrogens with zero attached hydrogens (tertiary/aromatic N) is 1. The number of nitrogens with one attached hydrogen (secondary N) is 1. The largest absolute Gasteiger partial charge is 0.477 e. The zero-order valence-electron chi connectivity index (χ0n) is 22.6. The highest BCUT2D eigenvalue weighted by Gasteiger charge is 2.64. The Balaban J connectivity index is 2.72. The van der Waals surface area contributed by atoms with Crippen molar-refractivity contribution in [1.29, 1.82) is 0 Å². The third kappa shape index (κ3) is 8.74. The first-order chi connectivity index (χ1) is 19.0. The van der Waals surface area contributed by atoms with E-state index in [9.17, 15) is 45.9 Å². The molecule has 1 fully saturated rings. The Bertz CT molecular complexity index is 1030. The summed E-state index contributed by atoms with van der Waals surface area (Å²) in [6, 6.07) is -3.11. The van der Waals surface area contributed by atoms with Crippen molar-refractivity contribution in [2.24, 2.45) is 0 Å². The van der Waals surface area contributed by atoms with Gasteiger partial charge in [-0.15, -0.1) is 0 Å². The molecule has 2 aliphatic heterocycles. The van der Waals surface area contributed by atoms with Crippen molar-refractivity contribution in [3.8, 4) is 0 Å². The normalized spacial score (nSPS) is 23.1. The van der Waals surface area contributed by atoms with Crippen molar-refractivity contribution in [3.05, 3.63) is 11.8 Å². The molecular formula is C24H31F5N2O10. The molecular weight excluding hydrogens is 571 g/mol. The van der Waals surface area contributed by atoms with Crippen LogP contribution in [0.5, 0.6) is 0 Å². The van der Waals surface area contributed by atoms with Crippen molar-refractivity contribution in [1.82, 2.24) is 10.2 Å². The SMILES string of the molecule is COC(=O)C1=C[C@H](N2CCCCC2)[C@@H](NC(=O)C(F)(F)C(F)(F)F)[C@H]([C@H](OC(C)=O)[C@@H](COC(C)=O)OC(C)=O)O1. The quantitative estimate of drug-likeness (QED) is 0.220. The lowest BCUT2D eigenvalue weighted by molar-refractivity contribution is -0.270. The molecule has 0 radical (unpaired) electrons. The van der Waals surface area contributed by atoms with Crippen LogP contribution in [0, 0.1) is 0 Å². The average molecular weight is 603 g/mol. The molecule has 1 N–H and O–H groups in total. The summed E-state index contributed by atoms with van der Waals surface area (Å²) in [6.45, 7) is 2.62. The van der Waals surface area contributed by atoms with Gasteiger partial charge in [0.05, 0.1) is 19.2 Å². The minimum absolute atomic E-state index is 0.281. The molecule has 0 saturated carbocycles. The fourth-order valence-electron chi connectivity index (χ4n) is 4.44. The number of ether oxygens (including phenoxy) is 5. The number of hydrogen-bond acceptors (Lipinski definition) is 11. The van der Waals surface area contributed by atoms with Gasteiger partial charge in [0, 0.05) is 20.8 Å². The van der Waals surface area contributed by atoms with Gasteiger partial charge in [0.2, 0.25) is 5.76 Å². The Morgan fingerprint density at radius 2 is 1.56 bits per heavy atom. The lowest BCUT2D eigenvalue weighted by Crippen LogP contribution is -2.67. The summed E-state index contributed by atoms with van der Waals surface area (Å²) >= 11 is 0. The van der Waals surface area contributed by atoms with Crippen LogP contribution in [0.15, 0.2) is 11.8 Å². The fraction of sp³-hybridized carbons (Fsp3) is 0.708. The monoisotopic (exact) mass is 602 g/mol. The van der Waals surface area contributed by atoms with Gasteiger partial charge in [0.1, 0.15) is 6.61 Å². The number of alkyl halides is 5. The van der Waals surface area contributed by atoms with E-state index in [1.165, 1.54) is 0 Å². The average Bonchev–Trinajstić information content (AvgIpc) is 2.88. The van der Waals surface area contributed by atoms with Gasteiger partial charge in [-0.2, -0.15) is 22.0 Å². The highest BCUT2D eigenvalue weighted by atomic mass is 19.4. The molecule has 41 heavy (non-hydrogen) atoms. The van der Waals surface area contributed by atoms with Crippen LogP contribution in [-0.2, 0) is 47.7 Å². The molecule has 1 amide bonds. The van der Waals surface area contributed by atoms with Gasteiger partial charge < -0.3 is 29.0 Å². The fourth-order valence-corrected chi connectivity index (χ4v) is 4.44. The van der Waals surface area contributed by atoms with Crippen molar-refractivity contribution in [3.63, 3.8) is 0 Å². The van der Waals surface area contributed by atoms with Gasteiger partial charge in [0.25, 0.3) is 0 Å².